The van der Waals surface area contributed by atoms with E-state index in [2.05, 4.69) is 19.7 Å². The number of nitrogens with one attached hydrogen (secondary N) is 1. The fraction of sp³-hybridized carbons (Fsp3) is 0.0500. The van der Waals surface area contributed by atoms with E-state index >= 15 is 0 Å². The molecule has 0 saturated heterocycles. The number of rotatable bonds is 4. The number of benzene rings is 2. The number of ether oxygens (including phenoxy) is 1. The molecule has 2 aromatic carbocycles. The van der Waals surface area contributed by atoms with Gasteiger partial charge in [0.25, 0.3) is 0 Å². The van der Waals surface area contributed by atoms with Crippen LogP contribution in [0.15, 0.2) is 55.0 Å². The van der Waals surface area contributed by atoms with Gasteiger partial charge in [0.05, 0.1) is 26.8 Å². The molecule has 0 amide bonds. The Balaban J connectivity index is 0.00000218. The van der Waals surface area contributed by atoms with Crippen LogP contribution in [-0.2, 0) is 7.05 Å². The zero-order valence-corrected chi connectivity index (χ0v) is 18.6. The first-order valence-corrected chi connectivity index (χ1v) is 10.2. The van der Waals surface area contributed by atoms with Crippen molar-refractivity contribution in [2.75, 3.05) is 5.32 Å². The minimum absolute atomic E-state index is 0. The van der Waals surface area contributed by atoms with E-state index in [4.69, 9.17) is 27.9 Å². The molecule has 1 N–H and O–H groups in total. The van der Waals surface area contributed by atoms with Gasteiger partial charge in [-0.2, -0.15) is 4.37 Å². The number of anilines is 2. The Hall–Kier alpha value is -2.58. The lowest BCUT2D eigenvalue weighted by Gasteiger charge is -2.12. The highest BCUT2D eigenvalue weighted by molar-refractivity contribution is 7.13. The molecule has 5 rings (SSSR count). The van der Waals surface area contributed by atoms with Crippen molar-refractivity contribution in [2.45, 2.75) is 0 Å². The molecule has 0 radical (unpaired) electrons. The number of aryl methyl sites for hydroxylation is 1. The summed E-state index contributed by atoms with van der Waals surface area (Å²) in [5.41, 5.74) is 2.35. The van der Waals surface area contributed by atoms with Gasteiger partial charge < -0.3 is 14.6 Å². The zero-order chi connectivity index (χ0) is 20.0. The molecule has 10 heteroatoms. The zero-order valence-electron chi connectivity index (χ0n) is 15.5. The van der Waals surface area contributed by atoms with Gasteiger partial charge in [0, 0.05) is 18.8 Å². The van der Waals surface area contributed by atoms with Crippen molar-refractivity contribution in [3.63, 3.8) is 0 Å². The standard InChI is InChI=1S/C20H13Cl2N5OS.ClH/c1-27-18(22)8-14-19(27)20(24-10-23-14)26-11-5-6-16(13(21)7-11)28-15-3-2-4-17-12(15)9-25-29-17;/h2-10H,1H3,(H,23,24,26);1H. The normalized spacial score (nSPS) is 10.9. The van der Waals surface area contributed by atoms with Crippen molar-refractivity contribution in [2.24, 2.45) is 7.05 Å². The van der Waals surface area contributed by atoms with E-state index in [1.807, 2.05) is 41.9 Å². The van der Waals surface area contributed by atoms with E-state index in [9.17, 15) is 0 Å². The summed E-state index contributed by atoms with van der Waals surface area (Å²) in [6, 6.07) is 13.1. The van der Waals surface area contributed by atoms with Crippen molar-refractivity contribution < 1.29 is 4.74 Å². The summed E-state index contributed by atoms with van der Waals surface area (Å²) in [7, 11) is 1.86. The topological polar surface area (TPSA) is 64.9 Å². The first kappa shape index (κ1) is 20.7. The summed E-state index contributed by atoms with van der Waals surface area (Å²) in [6.45, 7) is 0. The van der Waals surface area contributed by atoms with Crippen LogP contribution in [0, 0.1) is 0 Å². The van der Waals surface area contributed by atoms with E-state index in [1.54, 1.807) is 18.3 Å². The Morgan fingerprint density at radius 2 is 1.93 bits per heavy atom. The number of hydrogen-bond acceptors (Lipinski definition) is 6. The van der Waals surface area contributed by atoms with Crippen LogP contribution in [0.5, 0.6) is 11.5 Å². The maximum absolute atomic E-state index is 6.49. The van der Waals surface area contributed by atoms with E-state index in [0.29, 0.717) is 21.7 Å². The lowest BCUT2D eigenvalue weighted by Crippen LogP contribution is -1.99. The molecule has 0 saturated carbocycles. The Morgan fingerprint density at radius 3 is 2.77 bits per heavy atom. The first-order valence-electron chi connectivity index (χ1n) is 8.64. The average molecular weight is 479 g/mol. The van der Waals surface area contributed by atoms with Gasteiger partial charge in [-0.05, 0) is 41.9 Å². The van der Waals surface area contributed by atoms with Crippen LogP contribution in [0.2, 0.25) is 10.2 Å². The summed E-state index contributed by atoms with van der Waals surface area (Å²) >= 11 is 14.1. The minimum atomic E-state index is 0. The number of nitrogens with zero attached hydrogens (tertiary/aromatic N) is 4. The van der Waals surface area contributed by atoms with Gasteiger partial charge in [0.2, 0.25) is 0 Å². The SMILES string of the molecule is Cl.Cn1c(Cl)cc2ncnc(Nc3ccc(Oc4cccc5sncc45)c(Cl)c3)c21. The molecule has 0 bridgehead atoms. The molecule has 6 nitrogen and oxygen atoms in total. The van der Waals surface area contributed by atoms with Gasteiger partial charge in [0.15, 0.2) is 5.82 Å². The van der Waals surface area contributed by atoms with Gasteiger partial charge in [-0.1, -0.05) is 29.3 Å². The monoisotopic (exact) mass is 477 g/mol. The summed E-state index contributed by atoms with van der Waals surface area (Å²) in [5.74, 6) is 1.92. The summed E-state index contributed by atoms with van der Waals surface area (Å²) in [4.78, 5) is 8.60. The Morgan fingerprint density at radius 1 is 1.07 bits per heavy atom. The molecule has 0 fully saturated rings. The van der Waals surface area contributed by atoms with Crippen molar-refractivity contribution in [1.29, 1.82) is 0 Å². The summed E-state index contributed by atoms with van der Waals surface area (Å²) < 4.78 is 13.1. The molecule has 5 aromatic rings. The van der Waals surface area contributed by atoms with Crippen LogP contribution < -0.4 is 10.1 Å². The molecule has 0 aliphatic rings. The third-order valence-electron chi connectivity index (χ3n) is 4.54. The molecule has 0 atom stereocenters. The first-order chi connectivity index (χ1) is 14.1. The highest BCUT2D eigenvalue weighted by atomic mass is 35.5. The lowest BCUT2D eigenvalue weighted by atomic mass is 10.2. The van der Waals surface area contributed by atoms with Gasteiger partial charge in [-0.25, -0.2) is 9.97 Å². The largest absolute Gasteiger partial charge is 0.455 e. The number of aromatic nitrogens is 4. The molecule has 0 aliphatic carbocycles. The molecule has 0 aliphatic heterocycles. The van der Waals surface area contributed by atoms with E-state index in [1.165, 1.54) is 17.9 Å². The predicted molar refractivity (Wildman–Crippen MR) is 125 cm³/mol. The van der Waals surface area contributed by atoms with Crippen LogP contribution in [0.1, 0.15) is 0 Å². The maximum atomic E-state index is 6.49. The highest BCUT2D eigenvalue weighted by Gasteiger charge is 2.13. The average Bonchev–Trinajstić information content (AvgIpc) is 3.30. The molecular weight excluding hydrogens is 465 g/mol. The van der Waals surface area contributed by atoms with E-state index < -0.39 is 0 Å². The van der Waals surface area contributed by atoms with E-state index in [0.717, 1.165) is 32.6 Å². The van der Waals surface area contributed by atoms with Crippen molar-refractivity contribution in [3.8, 4) is 11.5 Å². The second-order valence-electron chi connectivity index (χ2n) is 6.35. The summed E-state index contributed by atoms with van der Waals surface area (Å²) in [5, 5.41) is 5.30. The second kappa shape index (κ2) is 8.28. The van der Waals surface area contributed by atoms with Gasteiger partial charge in [0.1, 0.15) is 28.5 Å². The molecule has 30 heavy (non-hydrogen) atoms. The van der Waals surface area contributed by atoms with Crippen LogP contribution in [0.25, 0.3) is 21.1 Å². The molecular formula is C20H14Cl3N5OS. The second-order valence-corrected chi connectivity index (χ2v) is 7.98. The third-order valence-corrected chi connectivity index (χ3v) is 5.96. The van der Waals surface area contributed by atoms with Crippen molar-refractivity contribution in [3.05, 3.63) is 65.2 Å². The minimum Gasteiger partial charge on any atom is -0.455 e. The fourth-order valence-electron chi connectivity index (χ4n) is 3.11. The van der Waals surface area contributed by atoms with E-state index in [-0.39, 0.29) is 12.4 Å². The van der Waals surface area contributed by atoms with Crippen molar-refractivity contribution >= 4 is 79.8 Å². The highest BCUT2D eigenvalue weighted by Crippen LogP contribution is 2.37. The fourth-order valence-corrected chi connectivity index (χ4v) is 4.18. The number of hydrogen-bond donors (Lipinski definition) is 1. The van der Waals surface area contributed by atoms with Gasteiger partial charge >= 0.3 is 0 Å². The Bertz CT molecular complexity index is 1370. The molecule has 3 aromatic heterocycles. The quantitative estimate of drug-likeness (QED) is 0.306. The van der Waals surface area contributed by atoms with Crippen LogP contribution >= 0.6 is 47.1 Å². The molecule has 0 unspecified atom stereocenters. The van der Waals surface area contributed by atoms with Crippen LogP contribution in [0.3, 0.4) is 0 Å². The lowest BCUT2D eigenvalue weighted by molar-refractivity contribution is 0.489. The van der Waals surface area contributed by atoms with Crippen LogP contribution in [-0.4, -0.2) is 18.9 Å². The van der Waals surface area contributed by atoms with Crippen molar-refractivity contribution in [1.82, 2.24) is 18.9 Å². The summed E-state index contributed by atoms with van der Waals surface area (Å²) in [6.07, 6.45) is 3.29. The predicted octanol–water partition coefficient (Wildman–Crippen LogP) is 6.84. The molecule has 152 valence electrons. The smallest absolute Gasteiger partial charge is 0.158 e. The Labute approximate surface area is 192 Å². The maximum Gasteiger partial charge on any atom is 0.158 e. The number of halogens is 3. The van der Waals surface area contributed by atoms with Gasteiger partial charge in [-0.3, -0.25) is 0 Å². The molecule has 0 spiro atoms. The molecule has 3 heterocycles. The number of fused-ring (bicyclic) bond motifs is 2. The Kier molecular flexibility index (Phi) is 5.71. The van der Waals surface area contributed by atoms with Gasteiger partial charge in [-0.15, -0.1) is 12.4 Å². The van der Waals surface area contributed by atoms with Crippen LogP contribution in [0.4, 0.5) is 11.5 Å². The third kappa shape index (κ3) is 3.65.